The molecule has 1 aromatic carbocycles. The molecule has 1 aliphatic rings. The summed E-state index contributed by atoms with van der Waals surface area (Å²) < 4.78 is 12.0. The third-order valence-electron chi connectivity index (χ3n) is 4.00. The van der Waals surface area contributed by atoms with E-state index in [0.29, 0.717) is 37.8 Å². The Balaban J connectivity index is 1.75. The van der Waals surface area contributed by atoms with Crippen LogP contribution in [0.5, 0.6) is 11.5 Å². The van der Waals surface area contributed by atoms with Crippen LogP contribution >= 0.6 is 15.9 Å². The number of ether oxygens (including phenoxy) is 2. The first-order chi connectivity index (χ1) is 12.7. The summed E-state index contributed by atoms with van der Waals surface area (Å²) >= 11 is 3.50. The van der Waals surface area contributed by atoms with Gasteiger partial charge < -0.3 is 14.4 Å². The minimum atomic E-state index is -0.0542. The molecule has 0 fully saturated rings. The zero-order valence-electron chi connectivity index (χ0n) is 14.2. The number of nitriles is 1. The van der Waals surface area contributed by atoms with E-state index in [1.165, 1.54) is 0 Å². The van der Waals surface area contributed by atoms with Crippen molar-refractivity contribution >= 4 is 21.8 Å². The zero-order valence-corrected chi connectivity index (χ0v) is 15.7. The lowest BCUT2D eigenvalue weighted by Crippen LogP contribution is -2.32. The molecule has 0 N–H and O–H groups in total. The highest BCUT2D eigenvalue weighted by molar-refractivity contribution is 9.10. The maximum Gasteiger partial charge on any atom is 0.227 e. The van der Waals surface area contributed by atoms with Crippen molar-refractivity contribution in [3.63, 3.8) is 0 Å². The molecule has 0 spiro atoms. The van der Waals surface area contributed by atoms with Crippen LogP contribution in [0, 0.1) is 11.3 Å². The van der Waals surface area contributed by atoms with Crippen molar-refractivity contribution in [1.82, 2.24) is 9.88 Å². The highest BCUT2D eigenvalue weighted by atomic mass is 79.9. The van der Waals surface area contributed by atoms with Crippen LogP contribution in [0.2, 0.25) is 0 Å². The fraction of sp³-hybridized carbons (Fsp3) is 0.316. The molecule has 2 aromatic rings. The maximum atomic E-state index is 12.8. The van der Waals surface area contributed by atoms with Crippen LogP contribution in [-0.4, -0.2) is 35.5 Å². The summed E-state index contributed by atoms with van der Waals surface area (Å²) in [4.78, 5) is 18.6. The number of rotatable bonds is 6. The Morgan fingerprint density at radius 3 is 2.77 bits per heavy atom. The molecule has 0 aliphatic carbocycles. The van der Waals surface area contributed by atoms with E-state index in [9.17, 15) is 4.79 Å². The molecule has 0 bridgehead atoms. The Kier molecular flexibility index (Phi) is 6.08. The number of halogens is 1. The average Bonchev–Trinajstić information content (AvgIpc) is 2.66. The van der Waals surface area contributed by atoms with Crippen molar-refractivity contribution < 1.29 is 14.3 Å². The topological polar surface area (TPSA) is 75.5 Å². The Bertz CT molecular complexity index is 821. The van der Waals surface area contributed by atoms with Crippen LogP contribution in [0.3, 0.4) is 0 Å². The van der Waals surface area contributed by atoms with Crippen LogP contribution in [0.4, 0.5) is 0 Å². The van der Waals surface area contributed by atoms with Gasteiger partial charge in [0.2, 0.25) is 5.91 Å². The lowest BCUT2D eigenvalue weighted by molar-refractivity contribution is -0.131. The minimum Gasteiger partial charge on any atom is -0.486 e. The number of nitrogens with zero attached hydrogens (tertiary/aromatic N) is 3. The first kappa shape index (κ1) is 18.2. The van der Waals surface area contributed by atoms with Crippen LogP contribution in [-0.2, 0) is 17.8 Å². The quantitative estimate of drug-likeness (QED) is 0.724. The van der Waals surface area contributed by atoms with E-state index < -0.39 is 0 Å². The molecule has 134 valence electrons. The van der Waals surface area contributed by atoms with Crippen molar-refractivity contribution in [2.45, 2.75) is 19.4 Å². The fourth-order valence-corrected chi connectivity index (χ4v) is 3.17. The van der Waals surface area contributed by atoms with Gasteiger partial charge in [-0.3, -0.25) is 9.78 Å². The second-order valence-electron chi connectivity index (χ2n) is 5.85. The molecular formula is C19H18BrN3O3. The van der Waals surface area contributed by atoms with Crippen LogP contribution in [0.1, 0.15) is 17.5 Å². The summed E-state index contributed by atoms with van der Waals surface area (Å²) in [6.07, 6.45) is 3.92. The molecule has 1 amide bonds. The van der Waals surface area contributed by atoms with Gasteiger partial charge in [0.25, 0.3) is 0 Å². The summed E-state index contributed by atoms with van der Waals surface area (Å²) in [6.45, 7) is 1.82. The van der Waals surface area contributed by atoms with E-state index >= 15 is 0 Å². The van der Waals surface area contributed by atoms with Crippen molar-refractivity contribution in [3.8, 4) is 17.6 Å². The molecule has 0 saturated heterocycles. The lowest BCUT2D eigenvalue weighted by Gasteiger charge is -2.23. The van der Waals surface area contributed by atoms with E-state index in [1.807, 2.05) is 24.3 Å². The van der Waals surface area contributed by atoms with E-state index in [0.717, 1.165) is 15.6 Å². The molecular weight excluding hydrogens is 398 g/mol. The second kappa shape index (κ2) is 8.68. The molecule has 3 rings (SSSR count). The predicted molar refractivity (Wildman–Crippen MR) is 98.7 cm³/mol. The molecule has 1 aromatic heterocycles. The number of benzene rings is 1. The third kappa shape index (κ3) is 4.52. The van der Waals surface area contributed by atoms with E-state index in [1.54, 1.807) is 17.3 Å². The van der Waals surface area contributed by atoms with Gasteiger partial charge in [-0.05, 0) is 29.3 Å². The Labute approximate surface area is 160 Å². The molecule has 6 nitrogen and oxygen atoms in total. The average molecular weight is 416 g/mol. The number of carbonyl (C=O) groups is 1. The smallest absolute Gasteiger partial charge is 0.227 e. The van der Waals surface area contributed by atoms with Gasteiger partial charge >= 0.3 is 0 Å². The zero-order chi connectivity index (χ0) is 18.4. The van der Waals surface area contributed by atoms with Gasteiger partial charge in [0.15, 0.2) is 11.5 Å². The molecule has 0 unspecified atom stereocenters. The Hall–Kier alpha value is -2.59. The molecule has 7 heteroatoms. The van der Waals surface area contributed by atoms with Crippen LogP contribution < -0.4 is 9.47 Å². The number of hydrogen-bond acceptors (Lipinski definition) is 5. The molecule has 0 radical (unpaired) electrons. The lowest BCUT2D eigenvalue weighted by atomic mass is 10.1. The van der Waals surface area contributed by atoms with Crippen molar-refractivity contribution in [2.24, 2.45) is 0 Å². The molecule has 2 heterocycles. The Morgan fingerprint density at radius 1 is 1.31 bits per heavy atom. The highest BCUT2D eigenvalue weighted by Gasteiger charge is 2.19. The van der Waals surface area contributed by atoms with Gasteiger partial charge in [-0.25, -0.2) is 0 Å². The fourth-order valence-electron chi connectivity index (χ4n) is 2.71. The monoisotopic (exact) mass is 415 g/mol. The number of carbonyl (C=O) groups excluding carboxylic acids is 1. The van der Waals surface area contributed by atoms with Crippen LogP contribution in [0.25, 0.3) is 0 Å². The minimum absolute atomic E-state index is 0.0542. The molecule has 1 aliphatic heterocycles. The summed E-state index contributed by atoms with van der Waals surface area (Å²) in [5.41, 5.74) is 1.76. The summed E-state index contributed by atoms with van der Waals surface area (Å²) in [6, 6.07) is 9.52. The Morgan fingerprint density at radius 2 is 2.08 bits per heavy atom. The number of fused-ring (bicyclic) bond motifs is 1. The van der Waals surface area contributed by atoms with Crippen molar-refractivity contribution in [3.05, 3.63) is 52.3 Å². The van der Waals surface area contributed by atoms with Gasteiger partial charge in [0, 0.05) is 30.0 Å². The second-order valence-corrected chi connectivity index (χ2v) is 6.70. The normalized spacial score (nSPS) is 12.3. The number of hydrogen-bond donors (Lipinski definition) is 0. The maximum absolute atomic E-state index is 12.8. The third-order valence-corrected chi connectivity index (χ3v) is 4.73. The van der Waals surface area contributed by atoms with E-state index in [2.05, 4.69) is 27.0 Å². The van der Waals surface area contributed by atoms with Crippen molar-refractivity contribution in [2.75, 3.05) is 19.8 Å². The predicted octanol–water partition coefficient (Wildman–Crippen LogP) is 3.10. The standard InChI is InChI=1S/C19H18BrN3O3/c20-16-11-18-17(25-7-8-26-18)9-15(16)10-19(24)23(6-2-4-21)13-14-3-1-5-22-12-14/h1,3,5,9,11-12H,2,6-8,10,13H2. The molecule has 0 saturated carbocycles. The van der Waals surface area contributed by atoms with E-state index in [-0.39, 0.29) is 18.7 Å². The van der Waals surface area contributed by atoms with Gasteiger partial charge in [0.05, 0.1) is 18.9 Å². The summed E-state index contributed by atoms with van der Waals surface area (Å²) in [7, 11) is 0. The summed E-state index contributed by atoms with van der Waals surface area (Å²) in [5, 5.41) is 8.89. The SMILES string of the molecule is N#CCCN(Cc1cccnc1)C(=O)Cc1cc2c(cc1Br)OCCO2. The number of amides is 1. The van der Waals surface area contributed by atoms with Crippen molar-refractivity contribution in [1.29, 1.82) is 5.26 Å². The van der Waals surface area contributed by atoms with Gasteiger partial charge in [-0.2, -0.15) is 5.26 Å². The first-order valence-electron chi connectivity index (χ1n) is 8.29. The van der Waals surface area contributed by atoms with Gasteiger partial charge in [0.1, 0.15) is 13.2 Å². The van der Waals surface area contributed by atoms with Gasteiger partial charge in [-0.1, -0.05) is 22.0 Å². The first-order valence-corrected chi connectivity index (χ1v) is 9.08. The highest BCUT2D eigenvalue weighted by Crippen LogP contribution is 2.35. The molecule has 0 atom stereocenters. The van der Waals surface area contributed by atoms with Gasteiger partial charge in [-0.15, -0.1) is 0 Å². The number of pyridine rings is 1. The van der Waals surface area contributed by atoms with E-state index in [4.69, 9.17) is 14.7 Å². The summed E-state index contributed by atoms with van der Waals surface area (Å²) in [5.74, 6) is 1.27. The van der Waals surface area contributed by atoms with Crippen LogP contribution in [0.15, 0.2) is 41.1 Å². The number of aromatic nitrogens is 1. The molecule has 26 heavy (non-hydrogen) atoms. The largest absolute Gasteiger partial charge is 0.486 e.